The van der Waals surface area contributed by atoms with Gasteiger partial charge in [0.25, 0.3) is 0 Å². The van der Waals surface area contributed by atoms with Crippen molar-refractivity contribution in [1.29, 1.82) is 5.41 Å². The molecular formula is C12H12FN3OS. The van der Waals surface area contributed by atoms with Gasteiger partial charge in [0.05, 0.1) is 10.6 Å². The van der Waals surface area contributed by atoms with E-state index in [0.29, 0.717) is 15.6 Å². The number of amidine groups is 1. The maximum atomic E-state index is 13.3. The van der Waals surface area contributed by atoms with Gasteiger partial charge >= 0.3 is 0 Å². The first-order valence-electron chi connectivity index (χ1n) is 5.26. The number of nitrogen functional groups attached to an aromatic ring is 1. The number of nitrogens with zero attached hydrogens (tertiary/aromatic N) is 1. The number of hydrogen-bond donors (Lipinski definition) is 2. The second-order valence-electron chi connectivity index (χ2n) is 3.65. The van der Waals surface area contributed by atoms with Gasteiger partial charge in [0.15, 0.2) is 11.6 Å². The van der Waals surface area contributed by atoms with Gasteiger partial charge in [0.1, 0.15) is 17.5 Å². The van der Waals surface area contributed by atoms with Gasteiger partial charge in [-0.15, -0.1) is 11.3 Å². The molecule has 0 fully saturated rings. The summed E-state index contributed by atoms with van der Waals surface area (Å²) in [6.07, 6.45) is 0. The molecule has 0 amide bonds. The van der Waals surface area contributed by atoms with E-state index in [9.17, 15) is 4.39 Å². The fourth-order valence-electron chi connectivity index (χ4n) is 1.47. The van der Waals surface area contributed by atoms with Crippen molar-refractivity contribution in [2.45, 2.75) is 13.5 Å². The Morgan fingerprint density at radius 1 is 1.50 bits per heavy atom. The molecule has 0 unspecified atom stereocenters. The van der Waals surface area contributed by atoms with E-state index in [1.165, 1.54) is 17.4 Å². The lowest BCUT2D eigenvalue weighted by molar-refractivity contribution is 0.289. The highest BCUT2D eigenvalue weighted by Crippen LogP contribution is 2.21. The summed E-state index contributed by atoms with van der Waals surface area (Å²) in [6, 6.07) is 6.20. The van der Waals surface area contributed by atoms with Crippen LogP contribution >= 0.6 is 11.3 Å². The summed E-state index contributed by atoms with van der Waals surface area (Å²) in [6.45, 7) is 1.94. The van der Waals surface area contributed by atoms with Crippen molar-refractivity contribution < 1.29 is 9.13 Å². The summed E-state index contributed by atoms with van der Waals surface area (Å²) in [5.74, 6) is -0.227. The van der Waals surface area contributed by atoms with Crippen LogP contribution in [-0.2, 0) is 6.61 Å². The fraction of sp³-hybridized carbons (Fsp3) is 0.167. The molecule has 6 heteroatoms. The molecule has 1 heterocycles. The molecule has 0 atom stereocenters. The minimum atomic E-state index is -0.405. The normalized spacial score (nSPS) is 10.3. The van der Waals surface area contributed by atoms with Crippen molar-refractivity contribution in [3.05, 3.63) is 45.7 Å². The van der Waals surface area contributed by atoms with Gasteiger partial charge in [-0.25, -0.2) is 9.37 Å². The second kappa shape index (κ2) is 5.14. The number of para-hydroxylation sites is 1. The summed E-state index contributed by atoms with van der Waals surface area (Å²) in [5, 5.41) is 8.03. The lowest BCUT2D eigenvalue weighted by Gasteiger charge is -2.04. The number of rotatable bonds is 4. The van der Waals surface area contributed by atoms with Gasteiger partial charge in [-0.3, -0.25) is 5.41 Å². The van der Waals surface area contributed by atoms with Gasteiger partial charge in [0.2, 0.25) is 0 Å². The van der Waals surface area contributed by atoms with Crippen LogP contribution in [0.1, 0.15) is 15.6 Å². The maximum absolute atomic E-state index is 13.3. The van der Waals surface area contributed by atoms with Crippen molar-refractivity contribution in [1.82, 2.24) is 4.98 Å². The smallest absolute Gasteiger partial charge is 0.165 e. The highest BCUT2D eigenvalue weighted by Gasteiger charge is 2.11. The number of hydrogen-bond acceptors (Lipinski definition) is 4. The Labute approximate surface area is 108 Å². The molecular weight excluding hydrogens is 253 g/mol. The molecule has 0 saturated carbocycles. The van der Waals surface area contributed by atoms with E-state index >= 15 is 0 Å². The molecule has 0 aliphatic carbocycles. The largest absolute Gasteiger partial charge is 0.483 e. The zero-order valence-electron chi connectivity index (χ0n) is 9.74. The molecule has 3 N–H and O–H groups in total. The Balaban J connectivity index is 2.09. The average molecular weight is 265 g/mol. The van der Waals surface area contributed by atoms with Crippen molar-refractivity contribution in [2.75, 3.05) is 0 Å². The third-order valence-electron chi connectivity index (χ3n) is 2.27. The molecule has 0 aliphatic heterocycles. The second-order valence-corrected chi connectivity index (χ2v) is 4.74. The first kappa shape index (κ1) is 12.5. The molecule has 94 valence electrons. The average Bonchev–Trinajstić information content (AvgIpc) is 2.70. The molecule has 0 radical (unpaired) electrons. The van der Waals surface area contributed by atoms with Crippen molar-refractivity contribution >= 4 is 17.2 Å². The quantitative estimate of drug-likeness (QED) is 0.659. The third-order valence-corrected chi connectivity index (χ3v) is 3.44. The molecule has 0 bridgehead atoms. The van der Waals surface area contributed by atoms with Gasteiger partial charge in [-0.05, 0) is 19.1 Å². The van der Waals surface area contributed by atoms with Crippen molar-refractivity contribution in [2.24, 2.45) is 5.73 Å². The van der Waals surface area contributed by atoms with Crippen LogP contribution in [-0.4, -0.2) is 10.8 Å². The molecule has 0 spiro atoms. The Morgan fingerprint density at radius 2 is 2.22 bits per heavy atom. The maximum Gasteiger partial charge on any atom is 0.165 e. The molecule has 0 saturated heterocycles. The number of ether oxygens (including phenoxy) is 1. The number of nitrogens with one attached hydrogen (secondary N) is 1. The van der Waals surface area contributed by atoms with Crippen LogP contribution in [0.3, 0.4) is 0 Å². The Kier molecular flexibility index (Phi) is 3.57. The molecule has 1 aromatic carbocycles. The number of nitrogens with two attached hydrogens (primary N) is 1. The van der Waals surface area contributed by atoms with E-state index in [1.807, 2.05) is 0 Å². The van der Waals surface area contributed by atoms with E-state index in [4.69, 9.17) is 15.9 Å². The van der Waals surface area contributed by atoms with E-state index in [-0.39, 0.29) is 18.2 Å². The van der Waals surface area contributed by atoms with E-state index in [2.05, 4.69) is 4.98 Å². The predicted octanol–water partition coefficient (Wildman–Crippen LogP) is 2.45. The number of benzene rings is 1. The van der Waals surface area contributed by atoms with Gasteiger partial charge in [0, 0.05) is 0 Å². The highest BCUT2D eigenvalue weighted by atomic mass is 32.1. The molecule has 2 rings (SSSR count). The SMILES string of the molecule is Cc1nc(COc2ccccc2F)sc1C(=N)N. The van der Waals surface area contributed by atoms with Crippen molar-refractivity contribution in [3.63, 3.8) is 0 Å². The highest BCUT2D eigenvalue weighted by molar-refractivity contribution is 7.13. The topological polar surface area (TPSA) is 72.0 Å². The lowest BCUT2D eigenvalue weighted by atomic mass is 10.3. The predicted molar refractivity (Wildman–Crippen MR) is 68.6 cm³/mol. The molecule has 4 nitrogen and oxygen atoms in total. The van der Waals surface area contributed by atoms with Gasteiger partial charge in [-0.2, -0.15) is 0 Å². The van der Waals surface area contributed by atoms with E-state index < -0.39 is 5.82 Å². The fourth-order valence-corrected chi connectivity index (χ4v) is 2.30. The van der Waals surface area contributed by atoms with Crippen LogP contribution in [0, 0.1) is 18.2 Å². The minimum Gasteiger partial charge on any atom is -0.483 e. The van der Waals surface area contributed by atoms with Crippen LogP contribution in [0.5, 0.6) is 5.75 Å². The number of aryl methyl sites for hydroxylation is 1. The number of aromatic nitrogens is 1. The number of halogens is 1. The first-order valence-corrected chi connectivity index (χ1v) is 6.07. The standard InChI is InChI=1S/C12H12FN3OS/c1-7-11(12(14)15)18-10(16-7)6-17-9-5-3-2-4-8(9)13/h2-5H,6H2,1H3,(H3,14,15). The van der Waals surface area contributed by atoms with Gasteiger partial charge in [-0.1, -0.05) is 12.1 Å². The van der Waals surface area contributed by atoms with Crippen LogP contribution in [0.2, 0.25) is 0 Å². The Bertz CT molecular complexity index is 582. The molecule has 0 aliphatic rings. The van der Waals surface area contributed by atoms with E-state index in [1.54, 1.807) is 25.1 Å². The van der Waals surface area contributed by atoms with Crippen LogP contribution in [0.4, 0.5) is 4.39 Å². The molecule has 1 aromatic heterocycles. The number of thiazole rings is 1. The summed E-state index contributed by atoms with van der Waals surface area (Å²) in [7, 11) is 0. The Hall–Kier alpha value is -1.95. The summed E-state index contributed by atoms with van der Waals surface area (Å²) in [5.41, 5.74) is 6.11. The first-order chi connectivity index (χ1) is 8.58. The summed E-state index contributed by atoms with van der Waals surface area (Å²) >= 11 is 1.28. The molecule has 18 heavy (non-hydrogen) atoms. The summed E-state index contributed by atoms with van der Waals surface area (Å²) in [4.78, 5) is 4.85. The summed E-state index contributed by atoms with van der Waals surface area (Å²) < 4.78 is 18.6. The van der Waals surface area contributed by atoms with Crippen molar-refractivity contribution in [3.8, 4) is 5.75 Å². The zero-order chi connectivity index (χ0) is 13.1. The third kappa shape index (κ3) is 2.65. The minimum absolute atomic E-state index is 0.0119. The monoisotopic (exact) mass is 265 g/mol. The Morgan fingerprint density at radius 3 is 2.83 bits per heavy atom. The van der Waals surface area contributed by atoms with Crippen LogP contribution < -0.4 is 10.5 Å². The lowest BCUT2D eigenvalue weighted by Crippen LogP contribution is -2.10. The molecule has 2 aromatic rings. The van der Waals surface area contributed by atoms with Crippen LogP contribution in [0.25, 0.3) is 0 Å². The van der Waals surface area contributed by atoms with Crippen LogP contribution in [0.15, 0.2) is 24.3 Å². The van der Waals surface area contributed by atoms with Gasteiger partial charge < -0.3 is 10.5 Å². The van der Waals surface area contributed by atoms with E-state index in [0.717, 1.165) is 0 Å². The zero-order valence-corrected chi connectivity index (χ0v) is 10.6.